The maximum absolute atomic E-state index is 13.4. The quantitative estimate of drug-likeness (QED) is 0.393. The fraction of sp³-hybridized carbons (Fsp3) is 0.214. The van der Waals surface area contributed by atoms with E-state index in [0.717, 1.165) is 33.7 Å². The first-order valence-electron chi connectivity index (χ1n) is 12.1. The minimum absolute atomic E-state index is 0.137. The first-order valence-corrected chi connectivity index (χ1v) is 12.5. The highest BCUT2D eigenvalue weighted by atomic mass is 32.1. The molecule has 1 fully saturated rings. The van der Waals surface area contributed by atoms with Gasteiger partial charge in [0.25, 0.3) is 5.91 Å². The van der Waals surface area contributed by atoms with Crippen LogP contribution < -0.4 is 15.6 Å². The molecule has 3 aromatic carbocycles. The number of anilines is 2. The maximum atomic E-state index is 13.4. The number of amides is 3. The maximum Gasteiger partial charge on any atom is 0.416 e. The van der Waals surface area contributed by atoms with Gasteiger partial charge in [-0.1, -0.05) is 50.2 Å². The fourth-order valence-electron chi connectivity index (χ4n) is 4.05. The molecule has 0 saturated carbocycles. The van der Waals surface area contributed by atoms with Gasteiger partial charge in [-0.15, -0.1) is 0 Å². The van der Waals surface area contributed by atoms with Crippen molar-refractivity contribution in [2.24, 2.45) is 0 Å². The smallest absolute Gasteiger partial charge is 0.324 e. The molecule has 1 heterocycles. The van der Waals surface area contributed by atoms with Crippen LogP contribution in [0.25, 0.3) is 0 Å². The van der Waals surface area contributed by atoms with E-state index in [9.17, 15) is 27.6 Å². The number of benzene rings is 3. The molecule has 39 heavy (non-hydrogen) atoms. The third-order valence-corrected chi connectivity index (χ3v) is 6.54. The molecule has 7 nitrogen and oxygen atoms in total. The molecule has 11 heteroatoms. The van der Waals surface area contributed by atoms with Gasteiger partial charge in [0.1, 0.15) is 6.04 Å². The van der Waals surface area contributed by atoms with E-state index in [1.165, 1.54) is 6.07 Å². The zero-order valence-electron chi connectivity index (χ0n) is 21.0. The summed E-state index contributed by atoms with van der Waals surface area (Å²) >= 11 is 5.47. The van der Waals surface area contributed by atoms with E-state index in [1.54, 1.807) is 42.5 Å². The number of hydrogen-bond donors (Lipinski definition) is 2. The Kier molecular flexibility index (Phi) is 8.01. The van der Waals surface area contributed by atoms with Crippen molar-refractivity contribution in [1.82, 2.24) is 10.4 Å². The summed E-state index contributed by atoms with van der Waals surface area (Å²) in [5.74, 6) is -1.65. The van der Waals surface area contributed by atoms with E-state index in [4.69, 9.17) is 12.2 Å². The van der Waals surface area contributed by atoms with E-state index in [-0.39, 0.29) is 22.3 Å². The predicted octanol–water partition coefficient (Wildman–Crippen LogP) is 5.50. The Morgan fingerprint density at radius 2 is 1.64 bits per heavy atom. The predicted molar refractivity (Wildman–Crippen MR) is 145 cm³/mol. The average molecular weight is 555 g/mol. The molecule has 0 bridgehead atoms. The van der Waals surface area contributed by atoms with Crippen LogP contribution in [0.5, 0.6) is 0 Å². The van der Waals surface area contributed by atoms with E-state index in [2.05, 4.69) is 10.7 Å². The summed E-state index contributed by atoms with van der Waals surface area (Å²) in [6.45, 7) is 4.07. The van der Waals surface area contributed by atoms with Gasteiger partial charge in [-0.2, -0.15) is 13.2 Å². The molecule has 0 aromatic heterocycles. The number of hydrogen-bond acceptors (Lipinski definition) is 4. The zero-order valence-corrected chi connectivity index (χ0v) is 21.8. The van der Waals surface area contributed by atoms with E-state index < -0.39 is 41.9 Å². The molecule has 1 aliphatic heterocycles. The van der Waals surface area contributed by atoms with Crippen LogP contribution in [0.3, 0.4) is 0 Å². The number of hydrazine groups is 1. The van der Waals surface area contributed by atoms with Gasteiger partial charge in [0.05, 0.1) is 17.7 Å². The summed E-state index contributed by atoms with van der Waals surface area (Å²) in [5, 5.41) is 3.44. The Morgan fingerprint density at radius 1 is 0.974 bits per heavy atom. The zero-order chi connectivity index (χ0) is 28.3. The lowest BCUT2D eigenvalue weighted by atomic mass is 10.0. The lowest BCUT2D eigenvalue weighted by Gasteiger charge is -2.41. The normalized spacial score (nSPS) is 15.9. The minimum atomic E-state index is -4.65. The molecule has 0 spiro atoms. The van der Waals surface area contributed by atoms with Crippen LogP contribution in [-0.2, 0) is 15.8 Å². The molecule has 1 aliphatic rings. The second kappa shape index (κ2) is 11.2. The first kappa shape index (κ1) is 27.8. The molecule has 0 unspecified atom stereocenters. The Hall–Kier alpha value is -4.25. The molecule has 4 rings (SSSR count). The van der Waals surface area contributed by atoms with Gasteiger partial charge < -0.3 is 5.32 Å². The molecule has 3 aromatic rings. The summed E-state index contributed by atoms with van der Waals surface area (Å²) in [6.07, 6.45) is -5.10. The van der Waals surface area contributed by atoms with Crippen molar-refractivity contribution >= 4 is 46.4 Å². The topological polar surface area (TPSA) is 81.8 Å². The molecule has 2 N–H and O–H groups in total. The minimum Gasteiger partial charge on any atom is -0.324 e. The molecule has 3 amide bonds. The van der Waals surface area contributed by atoms with Crippen molar-refractivity contribution in [2.75, 3.05) is 10.2 Å². The summed E-state index contributed by atoms with van der Waals surface area (Å²) in [5.41, 5.74) is 3.25. The third kappa shape index (κ3) is 6.26. The van der Waals surface area contributed by atoms with E-state index in [0.29, 0.717) is 5.69 Å². The summed E-state index contributed by atoms with van der Waals surface area (Å²) in [7, 11) is 0. The lowest BCUT2D eigenvalue weighted by Crippen LogP contribution is -2.65. The first-order chi connectivity index (χ1) is 18.5. The second-order valence-corrected chi connectivity index (χ2v) is 9.59. The molecular weight excluding hydrogens is 529 g/mol. The van der Waals surface area contributed by atoms with E-state index >= 15 is 0 Å². The Bertz CT molecular complexity index is 1400. The Labute approximate surface area is 228 Å². The largest absolute Gasteiger partial charge is 0.416 e. The summed E-state index contributed by atoms with van der Waals surface area (Å²) in [6, 6.07) is 18.1. The highest BCUT2D eigenvalue weighted by Crippen LogP contribution is 2.33. The van der Waals surface area contributed by atoms with Gasteiger partial charge in [-0.05, 0) is 66.2 Å². The number of carbonyl (C=O) groups excluding carboxylic acids is 3. The van der Waals surface area contributed by atoms with Crippen LogP contribution in [0.1, 0.15) is 47.7 Å². The fourth-order valence-corrected chi connectivity index (χ4v) is 4.43. The van der Waals surface area contributed by atoms with Gasteiger partial charge >= 0.3 is 6.18 Å². The highest BCUT2D eigenvalue weighted by molar-refractivity contribution is 7.80. The number of nitrogens with one attached hydrogen (secondary N) is 2. The van der Waals surface area contributed by atoms with Gasteiger partial charge in [-0.3, -0.25) is 24.7 Å². The Balaban J connectivity index is 1.65. The standard InChI is InChI=1S/C28H25F3N4O3S/c1-17(2)18-11-13-21(14-12-18)32-26(38)23-16-24(36)34(22-10-6-9-20(15-22)28(29,30)31)27(39)35(23)33-25(37)19-7-4-3-5-8-19/h3-15,17,23H,16H2,1-2H3,(H,32,38)(H,33,37)/t23-/m0/s1. The number of alkyl halides is 3. The van der Waals surface area contributed by atoms with Gasteiger partial charge in [0.15, 0.2) is 0 Å². The molecule has 0 radical (unpaired) electrons. The van der Waals surface area contributed by atoms with Crippen molar-refractivity contribution in [1.29, 1.82) is 0 Å². The monoisotopic (exact) mass is 554 g/mol. The highest BCUT2D eigenvalue weighted by Gasteiger charge is 2.42. The summed E-state index contributed by atoms with van der Waals surface area (Å²) < 4.78 is 40.1. The van der Waals surface area contributed by atoms with Crippen molar-refractivity contribution in [2.45, 2.75) is 38.4 Å². The SMILES string of the molecule is CC(C)c1ccc(NC(=O)[C@@H]2CC(=O)N(c3cccc(C(F)(F)F)c3)C(=S)N2NC(=O)c2ccccc2)cc1. The number of halogens is 3. The molecule has 1 atom stereocenters. The van der Waals surface area contributed by atoms with Gasteiger partial charge in [-0.25, -0.2) is 5.01 Å². The van der Waals surface area contributed by atoms with Crippen molar-refractivity contribution < 1.29 is 27.6 Å². The van der Waals surface area contributed by atoms with Crippen LogP contribution in [0.15, 0.2) is 78.9 Å². The summed E-state index contributed by atoms with van der Waals surface area (Å²) in [4.78, 5) is 40.4. The number of nitrogens with zero attached hydrogens (tertiary/aromatic N) is 2. The molecule has 1 saturated heterocycles. The third-order valence-electron chi connectivity index (χ3n) is 6.16. The van der Waals surface area contributed by atoms with E-state index in [1.807, 2.05) is 26.0 Å². The van der Waals surface area contributed by atoms with Crippen LogP contribution in [0.4, 0.5) is 24.5 Å². The second-order valence-electron chi connectivity index (χ2n) is 9.22. The van der Waals surface area contributed by atoms with Crippen LogP contribution >= 0.6 is 12.2 Å². The number of thiocarbonyl (C=S) groups is 1. The Morgan fingerprint density at radius 3 is 2.26 bits per heavy atom. The van der Waals surface area contributed by atoms with Crippen LogP contribution in [0, 0.1) is 0 Å². The number of rotatable bonds is 6. The van der Waals surface area contributed by atoms with Gasteiger partial charge in [0, 0.05) is 11.3 Å². The molecular formula is C28H25F3N4O3S. The van der Waals surface area contributed by atoms with Crippen molar-refractivity contribution in [3.63, 3.8) is 0 Å². The van der Waals surface area contributed by atoms with Gasteiger partial charge in [0.2, 0.25) is 16.9 Å². The molecule has 202 valence electrons. The van der Waals surface area contributed by atoms with Crippen LogP contribution in [0.2, 0.25) is 0 Å². The van der Waals surface area contributed by atoms with Crippen molar-refractivity contribution in [3.8, 4) is 0 Å². The van der Waals surface area contributed by atoms with Crippen LogP contribution in [-0.4, -0.2) is 33.9 Å². The lowest BCUT2D eigenvalue weighted by molar-refractivity contribution is -0.137. The van der Waals surface area contributed by atoms with Crippen molar-refractivity contribution in [3.05, 3.63) is 95.6 Å². The number of carbonyl (C=O) groups is 3. The molecule has 0 aliphatic carbocycles. The average Bonchev–Trinajstić information content (AvgIpc) is 2.90.